The van der Waals surface area contributed by atoms with Crippen LogP contribution in [0.5, 0.6) is 0 Å². The van der Waals surface area contributed by atoms with Crippen LogP contribution in [0.4, 0.5) is 5.13 Å². The number of hydrogen-bond donors (Lipinski definition) is 1. The first-order chi connectivity index (χ1) is 9.92. The Morgan fingerprint density at radius 1 is 0.950 bits per heavy atom. The van der Waals surface area contributed by atoms with E-state index in [-0.39, 0.29) is 6.04 Å². The first-order valence-electron chi connectivity index (χ1n) is 6.67. The molecule has 0 amide bonds. The molecule has 1 unspecified atom stereocenters. The predicted octanol–water partition coefficient (Wildman–Crippen LogP) is 4.54. The number of aromatic nitrogens is 1. The average molecular weight is 280 g/mol. The highest BCUT2D eigenvalue weighted by atomic mass is 32.1. The molecule has 0 bridgehead atoms. The van der Waals surface area contributed by atoms with Crippen LogP contribution in [-0.4, -0.2) is 4.98 Å². The molecule has 0 spiro atoms. The number of nitrogens with zero attached hydrogens (tertiary/aromatic N) is 1. The maximum absolute atomic E-state index is 4.33. The lowest BCUT2D eigenvalue weighted by Gasteiger charge is -2.19. The highest BCUT2D eigenvalue weighted by Crippen LogP contribution is 2.24. The van der Waals surface area contributed by atoms with E-state index < -0.39 is 0 Å². The van der Waals surface area contributed by atoms with Gasteiger partial charge in [0.1, 0.15) is 0 Å². The van der Waals surface area contributed by atoms with E-state index >= 15 is 0 Å². The molecule has 0 aliphatic carbocycles. The lowest BCUT2D eigenvalue weighted by molar-refractivity contribution is 0.774. The number of thiazole rings is 1. The summed E-state index contributed by atoms with van der Waals surface area (Å²) in [6, 6.07) is 21.3. The molecule has 0 aliphatic heterocycles. The van der Waals surface area contributed by atoms with E-state index in [1.54, 1.807) is 11.3 Å². The van der Waals surface area contributed by atoms with Crippen LogP contribution in [0.2, 0.25) is 0 Å². The molecule has 3 heteroatoms. The van der Waals surface area contributed by atoms with Gasteiger partial charge in [0, 0.05) is 11.6 Å². The summed E-state index contributed by atoms with van der Waals surface area (Å²) in [7, 11) is 0. The largest absolute Gasteiger partial charge is 0.354 e. The number of anilines is 1. The lowest BCUT2D eigenvalue weighted by Crippen LogP contribution is -2.13. The van der Waals surface area contributed by atoms with Gasteiger partial charge in [-0.3, -0.25) is 0 Å². The zero-order chi connectivity index (χ0) is 13.6. The molecule has 0 fully saturated rings. The summed E-state index contributed by atoms with van der Waals surface area (Å²) in [5.74, 6) is 0. The van der Waals surface area contributed by atoms with Crippen LogP contribution in [0.1, 0.15) is 17.2 Å². The normalized spacial score (nSPS) is 12.0. The molecule has 0 saturated heterocycles. The number of nitrogens with one attached hydrogen (secondary N) is 1. The second-order valence-corrected chi connectivity index (χ2v) is 5.53. The molecule has 1 aromatic heterocycles. The fraction of sp³-hybridized carbons (Fsp3) is 0.118. The molecule has 1 N–H and O–H groups in total. The highest BCUT2D eigenvalue weighted by molar-refractivity contribution is 7.13. The summed E-state index contributed by atoms with van der Waals surface area (Å²) < 4.78 is 0. The Labute approximate surface area is 123 Å². The van der Waals surface area contributed by atoms with Gasteiger partial charge in [0.05, 0.1) is 6.04 Å². The molecule has 3 aromatic rings. The molecule has 0 saturated carbocycles. The van der Waals surface area contributed by atoms with Gasteiger partial charge in [-0.1, -0.05) is 60.7 Å². The van der Waals surface area contributed by atoms with Crippen LogP contribution in [-0.2, 0) is 6.42 Å². The van der Waals surface area contributed by atoms with E-state index in [1.165, 1.54) is 11.1 Å². The van der Waals surface area contributed by atoms with Crippen molar-refractivity contribution in [1.82, 2.24) is 4.98 Å². The molecule has 20 heavy (non-hydrogen) atoms. The SMILES string of the molecule is c1ccc(CC(Nc2nccs2)c2ccccc2)cc1. The standard InChI is InChI=1S/C17H16N2S/c1-3-7-14(8-4-1)13-16(15-9-5-2-6-10-15)19-17-18-11-12-20-17/h1-12,16H,13H2,(H,18,19). The van der Waals surface area contributed by atoms with Crippen molar-refractivity contribution >= 4 is 16.5 Å². The number of rotatable bonds is 5. The third-order valence-corrected chi connectivity index (χ3v) is 3.92. The Kier molecular flexibility index (Phi) is 4.09. The predicted molar refractivity (Wildman–Crippen MR) is 85.1 cm³/mol. The molecule has 0 aliphatic rings. The molecule has 2 nitrogen and oxygen atoms in total. The minimum Gasteiger partial charge on any atom is -0.354 e. The zero-order valence-electron chi connectivity index (χ0n) is 11.1. The molecule has 1 heterocycles. The summed E-state index contributed by atoms with van der Waals surface area (Å²) >= 11 is 1.63. The topological polar surface area (TPSA) is 24.9 Å². The quantitative estimate of drug-likeness (QED) is 0.742. The Balaban J connectivity index is 1.83. The van der Waals surface area contributed by atoms with Crippen molar-refractivity contribution in [2.24, 2.45) is 0 Å². The summed E-state index contributed by atoms with van der Waals surface area (Å²) in [6.45, 7) is 0. The molecule has 3 rings (SSSR count). The van der Waals surface area contributed by atoms with E-state index in [0.29, 0.717) is 0 Å². The monoisotopic (exact) mass is 280 g/mol. The molecule has 100 valence electrons. The van der Waals surface area contributed by atoms with Crippen LogP contribution in [0.3, 0.4) is 0 Å². The van der Waals surface area contributed by atoms with Crippen molar-refractivity contribution in [1.29, 1.82) is 0 Å². The van der Waals surface area contributed by atoms with Crippen LogP contribution in [0.15, 0.2) is 72.2 Å². The molecular weight excluding hydrogens is 264 g/mol. The van der Waals surface area contributed by atoms with E-state index in [9.17, 15) is 0 Å². The summed E-state index contributed by atoms with van der Waals surface area (Å²) in [6.07, 6.45) is 2.78. The van der Waals surface area contributed by atoms with E-state index in [1.807, 2.05) is 17.6 Å². The first kappa shape index (κ1) is 12.9. The third kappa shape index (κ3) is 3.25. The van der Waals surface area contributed by atoms with Crippen molar-refractivity contribution in [3.8, 4) is 0 Å². The maximum atomic E-state index is 4.33. The van der Waals surface area contributed by atoms with Crippen LogP contribution < -0.4 is 5.32 Å². The van der Waals surface area contributed by atoms with Gasteiger partial charge in [0.2, 0.25) is 0 Å². The second kappa shape index (κ2) is 6.35. The highest BCUT2D eigenvalue weighted by Gasteiger charge is 2.13. The van der Waals surface area contributed by atoms with Crippen molar-refractivity contribution in [2.45, 2.75) is 12.5 Å². The van der Waals surface area contributed by atoms with Crippen molar-refractivity contribution in [3.63, 3.8) is 0 Å². The van der Waals surface area contributed by atoms with Crippen molar-refractivity contribution in [3.05, 3.63) is 83.4 Å². The maximum Gasteiger partial charge on any atom is 0.183 e. The fourth-order valence-electron chi connectivity index (χ4n) is 2.23. The smallest absolute Gasteiger partial charge is 0.183 e. The van der Waals surface area contributed by atoms with Gasteiger partial charge in [0.15, 0.2) is 5.13 Å². The van der Waals surface area contributed by atoms with Crippen molar-refractivity contribution < 1.29 is 0 Å². The van der Waals surface area contributed by atoms with E-state index in [2.05, 4.69) is 64.9 Å². The second-order valence-electron chi connectivity index (χ2n) is 4.63. The zero-order valence-corrected chi connectivity index (χ0v) is 11.9. The average Bonchev–Trinajstić information content (AvgIpc) is 3.02. The van der Waals surface area contributed by atoms with Gasteiger partial charge in [-0.25, -0.2) is 4.98 Å². The van der Waals surface area contributed by atoms with E-state index in [4.69, 9.17) is 0 Å². The summed E-state index contributed by atoms with van der Waals surface area (Å²) in [5.41, 5.74) is 2.61. The van der Waals surface area contributed by atoms with Gasteiger partial charge in [0.25, 0.3) is 0 Å². The molecule has 2 aromatic carbocycles. The van der Waals surface area contributed by atoms with E-state index in [0.717, 1.165) is 11.6 Å². The van der Waals surface area contributed by atoms with Gasteiger partial charge in [-0.05, 0) is 17.5 Å². The Morgan fingerprint density at radius 3 is 2.30 bits per heavy atom. The number of benzene rings is 2. The fourth-order valence-corrected chi connectivity index (χ4v) is 2.81. The Morgan fingerprint density at radius 2 is 1.65 bits per heavy atom. The molecular formula is C17H16N2S. The molecule has 0 radical (unpaired) electrons. The Hall–Kier alpha value is -2.13. The van der Waals surface area contributed by atoms with Crippen LogP contribution in [0, 0.1) is 0 Å². The molecule has 1 atom stereocenters. The minimum absolute atomic E-state index is 0.241. The Bertz CT molecular complexity index is 621. The van der Waals surface area contributed by atoms with Gasteiger partial charge in [-0.2, -0.15) is 0 Å². The number of hydrogen-bond acceptors (Lipinski definition) is 3. The summed E-state index contributed by atoms with van der Waals surface area (Å²) in [4.78, 5) is 4.33. The first-order valence-corrected chi connectivity index (χ1v) is 7.55. The lowest BCUT2D eigenvalue weighted by atomic mass is 9.99. The third-order valence-electron chi connectivity index (χ3n) is 3.21. The minimum atomic E-state index is 0.241. The van der Waals surface area contributed by atoms with Gasteiger partial charge >= 0.3 is 0 Å². The van der Waals surface area contributed by atoms with Crippen molar-refractivity contribution in [2.75, 3.05) is 5.32 Å². The summed E-state index contributed by atoms with van der Waals surface area (Å²) in [5, 5.41) is 6.49. The van der Waals surface area contributed by atoms with Crippen LogP contribution in [0.25, 0.3) is 0 Å². The van der Waals surface area contributed by atoms with Gasteiger partial charge in [-0.15, -0.1) is 11.3 Å². The van der Waals surface area contributed by atoms with Gasteiger partial charge < -0.3 is 5.32 Å². The van der Waals surface area contributed by atoms with Crippen LogP contribution >= 0.6 is 11.3 Å².